The van der Waals surface area contributed by atoms with Crippen LogP contribution < -0.4 is 11.1 Å². The number of hydrogen-bond acceptors (Lipinski definition) is 5. The molecule has 29 heavy (non-hydrogen) atoms. The van der Waals surface area contributed by atoms with Crippen molar-refractivity contribution < 1.29 is 14.3 Å². The molecule has 3 N–H and O–H groups in total. The lowest BCUT2D eigenvalue weighted by Crippen LogP contribution is -2.53. The molecule has 2 amide bonds. The number of guanidine groups is 1. The maximum atomic E-state index is 12.1. The molecule has 9 nitrogen and oxygen atoms in total. The number of carbonyl (C=O) groups is 2. The van der Waals surface area contributed by atoms with Crippen molar-refractivity contribution in [2.24, 2.45) is 10.7 Å². The van der Waals surface area contributed by atoms with Gasteiger partial charge in [0.15, 0.2) is 5.96 Å². The number of amides is 2. The number of piperazine rings is 1. The second-order valence-electron chi connectivity index (χ2n) is 7.66. The zero-order valence-electron chi connectivity index (χ0n) is 17.5. The van der Waals surface area contributed by atoms with Gasteiger partial charge in [0, 0.05) is 38.3 Å². The number of nitrogens with zero attached hydrogens (tertiary/aromatic N) is 4. The van der Waals surface area contributed by atoms with Crippen LogP contribution in [-0.4, -0.2) is 71.1 Å². The fourth-order valence-corrected chi connectivity index (χ4v) is 2.63. The van der Waals surface area contributed by atoms with E-state index in [1.807, 2.05) is 44.7 Å². The first-order chi connectivity index (χ1) is 13.1. The topological polar surface area (TPSA) is 113 Å². The molecule has 0 saturated carbocycles. The van der Waals surface area contributed by atoms with Crippen molar-refractivity contribution in [3.8, 4) is 0 Å². The lowest BCUT2D eigenvalue weighted by molar-refractivity contribution is -0.116. The van der Waals surface area contributed by atoms with E-state index in [0.29, 0.717) is 38.0 Å². The second-order valence-corrected chi connectivity index (χ2v) is 7.66. The van der Waals surface area contributed by atoms with Crippen molar-refractivity contribution in [3.05, 3.63) is 23.9 Å². The van der Waals surface area contributed by atoms with Gasteiger partial charge in [0.05, 0.1) is 6.54 Å². The highest BCUT2D eigenvalue weighted by Crippen LogP contribution is 2.12. The molecule has 1 aliphatic heterocycles. The zero-order chi connectivity index (χ0) is 20.7. The minimum absolute atomic E-state index is 0. The highest BCUT2D eigenvalue weighted by molar-refractivity contribution is 14.0. The third-order valence-corrected chi connectivity index (χ3v) is 4.02. The van der Waals surface area contributed by atoms with Crippen molar-refractivity contribution >= 4 is 47.8 Å². The molecule has 0 aliphatic carbocycles. The molecule has 2 rings (SSSR count). The minimum atomic E-state index is -0.511. The maximum absolute atomic E-state index is 12.1. The van der Waals surface area contributed by atoms with Gasteiger partial charge in [0.25, 0.3) is 0 Å². The highest BCUT2D eigenvalue weighted by atomic mass is 127. The normalized spacial score (nSPS) is 14.8. The van der Waals surface area contributed by atoms with E-state index in [-0.39, 0.29) is 48.9 Å². The molecule has 0 spiro atoms. The van der Waals surface area contributed by atoms with Crippen LogP contribution in [0.4, 0.5) is 10.6 Å². The Kier molecular flexibility index (Phi) is 9.60. The summed E-state index contributed by atoms with van der Waals surface area (Å²) in [6, 6.07) is 5.45. The molecule has 1 aromatic heterocycles. The quantitative estimate of drug-likeness (QED) is 0.359. The summed E-state index contributed by atoms with van der Waals surface area (Å²) in [6.45, 7) is 9.88. The second kappa shape index (κ2) is 11.2. The number of rotatable bonds is 4. The largest absolute Gasteiger partial charge is 0.444 e. The van der Waals surface area contributed by atoms with E-state index in [2.05, 4.69) is 15.3 Å². The van der Waals surface area contributed by atoms with Crippen LogP contribution in [0.25, 0.3) is 0 Å². The molecule has 0 atom stereocenters. The average Bonchev–Trinajstić information content (AvgIpc) is 2.60. The number of ether oxygens (including phenoxy) is 1. The van der Waals surface area contributed by atoms with E-state index in [0.717, 1.165) is 5.69 Å². The van der Waals surface area contributed by atoms with E-state index in [1.54, 1.807) is 11.0 Å². The average molecular weight is 518 g/mol. The number of nitrogens with two attached hydrogens (primary N) is 1. The van der Waals surface area contributed by atoms with Gasteiger partial charge in [0.1, 0.15) is 11.4 Å². The summed E-state index contributed by atoms with van der Waals surface area (Å²) < 4.78 is 5.38. The van der Waals surface area contributed by atoms with Crippen LogP contribution in [0.2, 0.25) is 0 Å². The monoisotopic (exact) mass is 518 g/mol. The van der Waals surface area contributed by atoms with Crippen molar-refractivity contribution in [3.63, 3.8) is 0 Å². The number of anilines is 1. The Balaban J connectivity index is 0.00000420. The Morgan fingerprint density at radius 1 is 1.21 bits per heavy atom. The summed E-state index contributed by atoms with van der Waals surface area (Å²) in [5, 5.41) is 2.74. The number of halogens is 1. The summed E-state index contributed by atoms with van der Waals surface area (Å²) >= 11 is 0. The predicted octanol–water partition coefficient (Wildman–Crippen LogP) is 2.20. The Morgan fingerprint density at radius 3 is 2.41 bits per heavy atom. The Hall–Kier alpha value is -2.11. The van der Waals surface area contributed by atoms with Gasteiger partial charge in [-0.25, -0.2) is 9.78 Å². The first-order valence-corrected chi connectivity index (χ1v) is 9.40. The van der Waals surface area contributed by atoms with Gasteiger partial charge in [0.2, 0.25) is 5.91 Å². The summed E-state index contributed by atoms with van der Waals surface area (Å²) in [5.74, 6) is 0.745. The fourth-order valence-electron chi connectivity index (χ4n) is 2.63. The number of aryl methyl sites for hydroxylation is 1. The Labute approximate surface area is 189 Å². The van der Waals surface area contributed by atoms with Crippen LogP contribution >= 0.6 is 24.0 Å². The molecule has 0 radical (unpaired) electrons. The predicted molar refractivity (Wildman–Crippen MR) is 124 cm³/mol. The van der Waals surface area contributed by atoms with Crippen molar-refractivity contribution in [1.82, 2.24) is 14.8 Å². The highest BCUT2D eigenvalue weighted by Gasteiger charge is 2.26. The summed E-state index contributed by atoms with van der Waals surface area (Å²) in [4.78, 5) is 36.1. The van der Waals surface area contributed by atoms with Gasteiger partial charge >= 0.3 is 6.09 Å². The maximum Gasteiger partial charge on any atom is 0.410 e. The SMILES string of the molecule is Cc1cccc(NC(=O)CCN=C(N)N2CCN(C(=O)OC(C)(C)C)CC2)n1.I. The first kappa shape index (κ1) is 24.9. The van der Waals surface area contributed by atoms with Gasteiger partial charge in [-0.05, 0) is 39.8 Å². The summed E-state index contributed by atoms with van der Waals surface area (Å²) in [7, 11) is 0. The molecule has 1 saturated heterocycles. The lowest BCUT2D eigenvalue weighted by Gasteiger charge is -2.36. The molecule has 0 bridgehead atoms. The van der Waals surface area contributed by atoms with Gasteiger partial charge < -0.3 is 25.6 Å². The zero-order valence-corrected chi connectivity index (χ0v) is 19.8. The Morgan fingerprint density at radius 2 is 1.83 bits per heavy atom. The van der Waals surface area contributed by atoms with Crippen molar-refractivity contribution in [2.45, 2.75) is 39.7 Å². The number of aliphatic imine (C=N–C) groups is 1. The van der Waals surface area contributed by atoms with Crippen molar-refractivity contribution in [2.75, 3.05) is 38.0 Å². The molecule has 2 heterocycles. The van der Waals surface area contributed by atoms with E-state index < -0.39 is 5.60 Å². The number of pyridine rings is 1. The molecule has 0 aromatic carbocycles. The van der Waals surface area contributed by atoms with Crippen LogP contribution in [0.1, 0.15) is 32.9 Å². The molecule has 162 valence electrons. The number of nitrogens with one attached hydrogen (secondary N) is 1. The van der Waals surface area contributed by atoms with Crippen LogP contribution in [0, 0.1) is 6.92 Å². The van der Waals surface area contributed by atoms with E-state index in [9.17, 15) is 9.59 Å². The van der Waals surface area contributed by atoms with Crippen molar-refractivity contribution in [1.29, 1.82) is 0 Å². The third kappa shape index (κ3) is 8.84. The lowest BCUT2D eigenvalue weighted by atomic mass is 10.2. The molecular weight excluding hydrogens is 487 g/mol. The molecule has 1 aliphatic rings. The summed E-state index contributed by atoms with van der Waals surface area (Å²) in [6.07, 6.45) is -0.0992. The van der Waals surface area contributed by atoms with Gasteiger partial charge in [-0.3, -0.25) is 9.79 Å². The standard InChI is InChI=1S/C19H30N6O3.HI/c1-14-6-5-7-15(22-14)23-16(26)8-9-21-17(20)24-10-12-25(13-11-24)18(27)28-19(2,3)4;/h5-7H,8-13H2,1-4H3,(H2,20,21)(H,22,23,26);1H. The number of hydrogen-bond donors (Lipinski definition) is 2. The van der Waals surface area contributed by atoms with E-state index in [4.69, 9.17) is 10.5 Å². The molecule has 1 aromatic rings. The summed E-state index contributed by atoms with van der Waals surface area (Å²) in [5.41, 5.74) is 6.36. The minimum Gasteiger partial charge on any atom is -0.444 e. The van der Waals surface area contributed by atoms with E-state index in [1.165, 1.54) is 0 Å². The van der Waals surface area contributed by atoms with Gasteiger partial charge in [-0.15, -0.1) is 24.0 Å². The number of carbonyl (C=O) groups excluding carboxylic acids is 2. The van der Waals surface area contributed by atoms with Gasteiger partial charge in [-0.2, -0.15) is 0 Å². The molecule has 0 unspecified atom stereocenters. The first-order valence-electron chi connectivity index (χ1n) is 9.40. The van der Waals surface area contributed by atoms with E-state index >= 15 is 0 Å². The smallest absolute Gasteiger partial charge is 0.410 e. The molecule has 1 fully saturated rings. The van der Waals surface area contributed by atoms with Crippen LogP contribution in [0.15, 0.2) is 23.2 Å². The van der Waals surface area contributed by atoms with Crippen LogP contribution in [-0.2, 0) is 9.53 Å². The van der Waals surface area contributed by atoms with Crippen LogP contribution in [0.5, 0.6) is 0 Å². The Bertz CT molecular complexity index is 727. The third-order valence-electron chi connectivity index (χ3n) is 4.02. The van der Waals surface area contributed by atoms with Crippen LogP contribution in [0.3, 0.4) is 0 Å². The fraction of sp³-hybridized carbons (Fsp3) is 0.579. The molecule has 10 heteroatoms. The molecular formula is C19H31IN6O3. The van der Waals surface area contributed by atoms with Gasteiger partial charge in [-0.1, -0.05) is 6.07 Å². The number of aromatic nitrogens is 1.